The number of methoxy groups -OCH3 is 1. The lowest BCUT2D eigenvalue weighted by Crippen LogP contribution is -2.09. The van der Waals surface area contributed by atoms with Gasteiger partial charge in [-0.1, -0.05) is 133 Å². The highest BCUT2D eigenvalue weighted by atomic mass is 16.6. The van der Waals surface area contributed by atoms with Crippen molar-refractivity contribution < 1.29 is 28.6 Å². The molecular weight excluding hydrogens is 649 g/mol. The monoisotopic (exact) mass is 719 g/mol. The van der Waals surface area contributed by atoms with Crippen LogP contribution in [0.25, 0.3) is 6.08 Å². The van der Waals surface area contributed by atoms with Crippen LogP contribution in [0.4, 0.5) is 0 Å². The van der Waals surface area contributed by atoms with E-state index in [9.17, 15) is 14.4 Å². The smallest absolute Gasteiger partial charge is 0.338 e. The standard InChI is InChI=1S/C46H70O6/c1-4-6-8-10-12-14-16-18-20-22-24-26-28-30-32-34-44(47)51-42-38-36-41(40-43(42)50-3)37-39-46(49)52-45(48)35-33-31-29-27-25-23-21-19-17-15-13-11-9-7-5-2/h12-15,18-21,36-40H,4-11,16-17,22-35H2,1-3H3/b14-12-,15-13-,20-18-,21-19-,39-37?. The lowest BCUT2D eigenvalue weighted by molar-refractivity contribution is -0.156. The Labute approximate surface area is 316 Å². The van der Waals surface area contributed by atoms with E-state index >= 15 is 0 Å². The van der Waals surface area contributed by atoms with Gasteiger partial charge in [0, 0.05) is 18.9 Å². The second-order valence-corrected chi connectivity index (χ2v) is 13.5. The van der Waals surface area contributed by atoms with E-state index in [0.29, 0.717) is 29.9 Å². The first-order chi connectivity index (χ1) is 25.5. The van der Waals surface area contributed by atoms with E-state index in [0.717, 1.165) is 77.0 Å². The molecule has 52 heavy (non-hydrogen) atoms. The summed E-state index contributed by atoms with van der Waals surface area (Å²) in [6.07, 6.45) is 46.0. The molecule has 0 fully saturated rings. The van der Waals surface area contributed by atoms with Gasteiger partial charge >= 0.3 is 17.9 Å². The Morgan fingerprint density at radius 2 is 1.00 bits per heavy atom. The Morgan fingerprint density at radius 1 is 0.538 bits per heavy atom. The molecule has 0 radical (unpaired) electrons. The zero-order valence-corrected chi connectivity index (χ0v) is 32.9. The molecule has 0 saturated carbocycles. The van der Waals surface area contributed by atoms with Gasteiger partial charge in [0.2, 0.25) is 0 Å². The number of hydrogen-bond donors (Lipinski definition) is 0. The summed E-state index contributed by atoms with van der Waals surface area (Å²) in [6, 6.07) is 5.04. The first kappa shape index (κ1) is 46.4. The number of rotatable bonds is 32. The maximum absolute atomic E-state index is 12.4. The fourth-order valence-corrected chi connectivity index (χ4v) is 5.57. The van der Waals surface area contributed by atoms with Gasteiger partial charge in [-0.15, -0.1) is 0 Å². The van der Waals surface area contributed by atoms with Crippen molar-refractivity contribution in [3.63, 3.8) is 0 Å². The summed E-state index contributed by atoms with van der Waals surface area (Å²) in [4.78, 5) is 36.7. The highest BCUT2D eigenvalue weighted by Crippen LogP contribution is 2.29. The molecule has 0 unspecified atom stereocenters. The molecule has 0 bridgehead atoms. The van der Waals surface area contributed by atoms with Crippen molar-refractivity contribution in [2.45, 2.75) is 168 Å². The number of hydrogen-bond acceptors (Lipinski definition) is 6. The zero-order valence-electron chi connectivity index (χ0n) is 32.9. The fourth-order valence-electron chi connectivity index (χ4n) is 5.57. The summed E-state index contributed by atoms with van der Waals surface area (Å²) in [5.74, 6) is -0.786. The molecule has 0 aromatic heterocycles. The summed E-state index contributed by atoms with van der Waals surface area (Å²) >= 11 is 0. The topological polar surface area (TPSA) is 78.9 Å². The molecule has 0 heterocycles. The summed E-state index contributed by atoms with van der Waals surface area (Å²) < 4.78 is 15.9. The molecule has 0 N–H and O–H groups in total. The second-order valence-electron chi connectivity index (χ2n) is 13.5. The summed E-state index contributed by atoms with van der Waals surface area (Å²) in [7, 11) is 1.50. The Bertz CT molecular complexity index is 1220. The van der Waals surface area contributed by atoms with Crippen LogP contribution in [0.15, 0.2) is 72.9 Å². The van der Waals surface area contributed by atoms with Crippen LogP contribution in [0.3, 0.4) is 0 Å². The van der Waals surface area contributed by atoms with Crippen LogP contribution in [0.5, 0.6) is 11.5 Å². The van der Waals surface area contributed by atoms with Crippen molar-refractivity contribution >= 4 is 24.0 Å². The molecule has 0 aliphatic carbocycles. The van der Waals surface area contributed by atoms with Crippen LogP contribution in [0, 0.1) is 0 Å². The van der Waals surface area contributed by atoms with Crippen LogP contribution in [0.1, 0.15) is 174 Å². The van der Waals surface area contributed by atoms with Gasteiger partial charge in [-0.05, 0) is 101 Å². The Kier molecular flexibility index (Phi) is 30.7. The van der Waals surface area contributed by atoms with Gasteiger partial charge in [0.1, 0.15) is 0 Å². The average molecular weight is 719 g/mol. The average Bonchev–Trinajstić information content (AvgIpc) is 3.14. The third kappa shape index (κ3) is 28.0. The molecule has 0 atom stereocenters. The van der Waals surface area contributed by atoms with Gasteiger partial charge in [-0.2, -0.15) is 0 Å². The molecule has 6 nitrogen and oxygen atoms in total. The molecule has 290 valence electrons. The number of carbonyl (C=O) groups is 3. The first-order valence-corrected chi connectivity index (χ1v) is 20.4. The predicted octanol–water partition coefficient (Wildman–Crippen LogP) is 13.3. The third-order valence-corrected chi connectivity index (χ3v) is 8.70. The van der Waals surface area contributed by atoms with Crippen LogP contribution in [-0.4, -0.2) is 25.0 Å². The van der Waals surface area contributed by atoms with E-state index in [-0.39, 0.29) is 12.4 Å². The van der Waals surface area contributed by atoms with Crippen molar-refractivity contribution in [1.82, 2.24) is 0 Å². The van der Waals surface area contributed by atoms with Crippen LogP contribution in [0.2, 0.25) is 0 Å². The predicted molar refractivity (Wildman–Crippen MR) is 217 cm³/mol. The highest BCUT2D eigenvalue weighted by Gasteiger charge is 2.11. The number of carbonyl (C=O) groups excluding carboxylic acids is 3. The van der Waals surface area contributed by atoms with Crippen molar-refractivity contribution in [2.24, 2.45) is 0 Å². The number of benzene rings is 1. The molecule has 0 spiro atoms. The number of esters is 3. The fraction of sp³-hybridized carbons (Fsp3) is 0.587. The van der Waals surface area contributed by atoms with Crippen molar-refractivity contribution in [3.05, 3.63) is 78.4 Å². The van der Waals surface area contributed by atoms with E-state index in [1.54, 1.807) is 24.3 Å². The van der Waals surface area contributed by atoms with Crippen molar-refractivity contribution in [2.75, 3.05) is 7.11 Å². The van der Waals surface area contributed by atoms with Gasteiger partial charge in [-0.25, -0.2) is 4.79 Å². The van der Waals surface area contributed by atoms with Crippen LogP contribution >= 0.6 is 0 Å². The Balaban J connectivity index is 2.18. The minimum absolute atomic E-state index is 0.229. The van der Waals surface area contributed by atoms with Gasteiger partial charge in [-0.3, -0.25) is 9.59 Å². The molecule has 1 rings (SSSR count). The second kappa shape index (κ2) is 34.4. The molecular formula is C46H70O6. The van der Waals surface area contributed by atoms with E-state index < -0.39 is 11.9 Å². The lowest BCUT2D eigenvalue weighted by atomic mass is 10.1. The summed E-state index contributed by atoms with van der Waals surface area (Å²) in [6.45, 7) is 4.46. The SMILES string of the molecule is CCCCC/C=C\C/C=C\CCCCCCCC(=O)OC(=O)C=Cc1ccc(OC(=O)CCCCCCC/C=C\C/C=C\CCCCC)c(OC)c1. The molecule has 0 aliphatic rings. The minimum atomic E-state index is -0.709. The molecule has 0 amide bonds. The first-order valence-electron chi connectivity index (χ1n) is 20.4. The maximum atomic E-state index is 12.4. The third-order valence-electron chi connectivity index (χ3n) is 8.70. The van der Waals surface area contributed by atoms with Crippen LogP contribution < -0.4 is 9.47 Å². The van der Waals surface area contributed by atoms with Gasteiger partial charge in [0.25, 0.3) is 0 Å². The lowest BCUT2D eigenvalue weighted by Gasteiger charge is -2.10. The molecule has 6 heteroatoms. The maximum Gasteiger partial charge on any atom is 0.338 e. The van der Waals surface area contributed by atoms with Crippen molar-refractivity contribution in [1.29, 1.82) is 0 Å². The number of allylic oxidation sites excluding steroid dienone is 8. The van der Waals surface area contributed by atoms with E-state index in [2.05, 4.69) is 62.5 Å². The number of unbranched alkanes of at least 4 members (excludes halogenated alkanes) is 16. The largest absolute Gasteiger partial charge is 0.493 e. The van der Waals surface area contributed by atoms with E-state index in [1.165, 1.54) is 71.0 Å². The Morgan fingerprint density at radius 3 is 1.50 bits per heavy atom. The van der Waals surface area contributed by atoms with Gasteiger partial charge < -0.3 is 14.2 Å². The number of ether oxygens (including phenoxy) is 3. The highest BCUT2D eigenvalue weighted by molar-refractivity contribution is 5.94. The van der Waals surface area contributed by atoms with E-state index in [1.807, 2.05) is 0 Å². The van der Waals surface area contributed by atoms with Gasteiger partial charge in [0.05, 0.1) is 7.11 Å². The molecule has 0 aliphatic heterocycles. The quantitative estimate of drug-likeness (QED) is 0.0184. The Hall–Kier alpha value is -3.67. The summed E-state index contributed by atoms with van der Waals surface area (Å²) in [5.41, 5.74) is 0.656. The van der Waals surface area contributed by atoms with Gasteiger partial charge in [0.15, 0.2) is 11.5 Å². The van der Waals surface area contributed by atoms with E-state index in [4.69, 9.17) is 14.2 Å². The minimum Gasteiger partial charge on any atom is -0.493 e. The summed E-state index contributed by atoms with van der Waals surface area (Å²) in [5, 5.41) is 0. The zero-order chi connectivity index (χ0) is 37.7. The van der Waals surface area contributed by atoms with Crippen LogP contribution in [-0.2, 0) is 19.1 Å². The normalized spacial score (nSPS) is 11.9. The molecule has 1 aromatic rings. The molecule has 0 saturated heterocycles. The molecule has 1 aromatic carbocycles. The van der Waals surface area contributed by atoms with Crippen molar-refractivity contribution in [3.8, 4) is 11.5 Å².